The Labute approximate surface area is 408 Å². The molecular formula is C53H56F3N3O12. The van der Waals surface area contributed by atoms with Crippen molar-refractivity contribution < 1.29 is 70.8 Å². The minimum atomic E-state index is -4.68. The maximum Gasteiger partial charge on any atom is 0.422 e. The number of hydroxylamine groups is 2. The molecule has 3 heterocycles. The molecule has 3 aliphatic heterocycles. The molecule has 71 heavy (non-hydrogen) atoms. The summed E-state index contributed by atoms with van der Waals surface area (Å²) in [5.74, 6) is -5.23. The molecule has 8 atom stereocenters. The number of likely N-dealkylation sites (N-methyl/N-ethyl adjacent to an activating group) is 1. The van der Waals surface area contributed by atoms with Gasteiger partial charge in [0.2, 0.25) is 17.6 Å². The second kappa shape index (κ2) is 20.7. The number of carbonyl (C=O) groups is 5. The average Bonchev–Trinajstić information content (AvgIpc) is 3.93. The van der Waals surface area contributed by atoms with Gasteiger partial charge < -0.3 is 39.0 Å². The number of carbonyl (C=O) groups excluding carboxylic acids is 5. The van der Waals surface area contributed by atoms with Crippen molar-refractivity contribution in [3.8, 4) is 0 Å². The van der Waals surface area contributed by atoms with Gasteiger partial charge in [-0.2, -0.15) is 18.2 Å². The predicted molar refractivity (Wildman–Crippen MR) is 248 cm³/mol. The van der Waals surface area contributed by atoms with Gasteiger partial charge in [-0.3, -0.25) is 24.0 Å². The molecule has 8 rings (SSSR count). The van der Waals surface area contributed by atoms with Crippen LogP contribution in [0.1, 0.15) is 67.9 Å². The Bertz CT molecular complexity index is 2540. The van der Waals surface area contributed by atoms with Gasteiger partial charge in [0.25, 0.3) is 0 Å². The number of hydrogen-bond acceptors (Lipinski definition) is 13. The lowest BCUT2D eigenvalue weighted by Crippen LogP contribution is -2.70. The number of aliphatic hydroxyl groups is 1. The number of esters is 3. The fourth-order valence-electron chi connectivity index (χ4n) is 9.85. The van der Waals surface area contributed by atoms with Gasteiger partial charge in [-0.25, -0.2) is 4.79 Å². The first-order valence-corrected chi connectivity index (χ1v) is 23.4. The first-order valence-electron chi connectivity index (χ1n) is 23.4. The minimum absolute atomic E-state index is 0.0284. The fourth-order valence-corrected chi connectivity index (χ4v) is 9.85. The molecule has 2 amide bonds. The number of hydrogen-bond donors (Lipinski definition) is 2. The number of benzene rings is 4. The summed E-state index contributed by atoms with van der Waals surface area (Å²) in [6.07, 6.45) is -6.80. The average molecular weight is 984 g/mol. The molecule has 0 spiro atoms. The van der Waals surface area contributed by atoms with Crippen LogP contribution in [0.15, 0.2) is 121 Å². The van der Waals surface area contributed by atoms with Crippen molar-refractivity contribution >= 4 is 35.8 Å². The molecule has 2 bridgehead atoms. The molecule has 0 radical (unpaired) electrons. The number of rotatable bonds is 17. The SMILES string of the molecule is CN(C(=O)C12CC3OC(=O)C1N(Cc1ccc(C=CC(=O)OCC(F)(F)F)cc1)OC2C1OC(c2ccccc2)(c2ccccc2)OC31)C(Cc1ccccc1)C(=O)NC(CO)CCC(=O)OC(C)(C)C. The third-order valence-corrected chi connectivity index (χ3v) is 13.0. The molecule has 15 nitrogen and oxygen atoms in total. The molecular weight excluding hydrogens is 928 g/mol. The fraction of sp³-hybridized carbons (Fsp3) is 0.415. The number of ether oxygens (including phenoxy) is 5. The zero-order chi connectivity index (χ0) is 50.7. The maximum absolute atomic E-state index is 16.0. The molecule has 4 aliphatic rings. The number of nitrogens with one attached hydrogen (secondary N) is 1. The molecule has 18 heteroatoms. The van der Waals surface area contributed by atoms with E-state index in [9.17, 15) is 37.5 Å². The van der Waals surface area contributed by atoms with Gasteiger partial charge >= 0.3 is 24.1 Å². The number of halogens is 3. The van der Waals surface area contributed by atoms with E-state index in [0.717, 1.165) is 6.08 Å². The van der Waals surface area contributed by atoms with Gasteiger partial charge in [-0.1, -0.05) is 115 Å². The normalized spacial score (nSPS) is 24.3. The summed E-state index contributed by atoms with van der Waals surface area (Å²) in [4.78, 5) is 78.0. The van der Waals surface area contributed by atoms with Crippen LogP contribution < -0.4 is 5.32 Å². The maximum atomic E-state index is 16.0. The van der Waals surface area contributed by atoms with Gasteiger partial charge in [0.1, 0.15) is 41.5 Å². The third kappa shape index (κ3) is 11.1. The lowest BCUT2D eigenvalue weighted by atomic mass is 9.62. The highest BCUT2D eigenvalue weighted by atomic mass is 19.4. The predicted octanol–water partition coefficient (Wildman–Crippen LogP) is 5.96. The number of fused-ring (bicyclic) bond motifs is 4. The van der Waals surface area contributed by atoms with Crippen LogP contribution in [-0.4, -0.2) is 119 Å². The summed E-state index contributed by atoms with van der Waals surface area (Å²) < 4.78 is 67.8. The van der Waals surface area contributed by atoms with Gasteiger partial charge in [0.15, 0.2) is 12.6 Å². The number of aliphatic hydroxyl groups excluding tert-OH is 1. The van der Waals surface area contributed by atoms with Crippen LogP contribution in [-0.2, 0) is 71.2 Å². The van der Waals surface area contributed by atoms with E-state index in [0.29, 0.717) is 27.8 Å². The first-order chi connectivity index (χ1) is 33.8. The number of nitrogens with zero attached hydrogens (tertiary/aromatic N) is 2. The number of alkyl halides is 3. The van der Waals surface area contributed by atoms with E-state index in [1.165, 1.54) is 23.1 Å². The second-order valence-corrected chi connectivity index (χ2v) is 19.2. The molecule has 1 aliphatic carbocycles. The van der Waals surface area contributed by atoms with Gasteiger partial charge in [-0.05, 0) is 50.0 Å². The zero-order valence-corrected chi connectivity index (χ0v) is 39.6. The van der Waals surface area contributed by atoms with E-state index < -0.39 is 108 Å². The molecule has 3 saturated heterocycles. The highest BCUT2D eigenvalue weighted by Gasteiger charge is 2.77. The van der Waals surface area contributed by atoms with E-state index in [1.807, 2.05) is 78.9 Å². The van der Waals surface area contributed by atoms with Crippen LogP contribution in [0.2, 0.25) is 0 Å². The molecule has 2 N–H and O–H groups in total. The molecule has 8 unspecified atom stereocenters. The van der Waals surface area contributed by atoms with Crippen molar-refractivity contribution in [2.24, 2.45) is 5.41 Å². The summed E-state index contributed by atoms with van der Waals surface area (Å²) >= 11 is 0. The number of amides is 2. The van der Waals surface area contributed by atoms with Crippen LogP contribution in [0.5, 0.6) is 0 Å². The van der Waals surface area contributed by atoms with Crippen LogP contribution in [0.25, 0.3) is 6.08 Å². The Morgan fingerprint density at radius 3 is 2.07 bits per heavy atom. The molecule has 376 valence electrons. The second-order valence-electron chi connectivity index (χ2n) is 19.2. The van der Waals surface area contributed by atoms with E-state index in [-0.39, 0.29) is 32.2 Å². The van der Waals surface area contributed by atoms with E-state index in [1.54, 1.807) is 57.2 Å². The third-order valence-electron chi connectivity index (χ3n) is 13.0. The van der Waals surface area contributed by atoms with Gasteiger partial charge in [0.05, 0.1) is 19.2 Å². The molecule has 4 aromatic rings. The molecule has 0 aromatic heterocycles. The minimum Gasteiger partial charge on any atom is -0.460 e. The monoisotopic (exact) mass is 983 g/mol. The van der Waals surface area contributed by atoms with Crippen molar-refractivity contribution in [3.05, 3.63) is 149 Å². The van der Waals surface area contributed by atoms with E-state index in [4.69, 9.17) is 23.8 Å². The molecule has 4 aromatic carbocycles. The molecule has 4 fully saturated rings. The van der Waals surface area contributed by atoms with Crippen LogP contribution in [0.4, 0.5) is 13.2 Å². The Hall–Kier alpha value is -6.44. The van der Waals surface area contributed by atoms with E-state index in [2.05, 4.69) is 10.1 Å². The molecule has 1 saturated carbocycles. The van der Waals surface area contributed by atoms with Crippen molar-refractivity contribution in [2.75, 3.05) is 20.3 Å². The van der Waals surface area contributed by atoms with Gasteiger partial charge in [-0.15, -0.1) is 0 Å². The van der Waals surface area contributed by atoms with Crippen LogP contribution in [0.3, 0.4) is 0 Å². The van der Waals surface area contributed by atoms with Crippen molar-refractivity contribution in [1.82, 2.24) is 15.3 Å². The Kier molecular flexibility index (Phi) is 14.9. The van der Waals surface area contributed by atoms with Crippen molar-refractivity contribution in [1.29, 1.82) is 0 Å². The van der Waals surface area contributed by atoms with Crippen molar-refractivity contribution in [2.45, 2.75) is 113 Å². The zero-order valence-electron chi connectivity index (χ0n) is 39.6. The van der Waals surface area contributed by atoms with Gasteiger partial charge in [0, 0.05) is 43.5 Å². The smallest absolute Gasteiger partial charge is 0.422 e. The van der Waals surface area contributed by atoms with Crippen molar-refractivity contribution in [3.63, 3.8) is 0 Å². The first kappa shape index (κ1) is 50.9. The van der Waals surface area contributed by atoms with E-state index >= 15 is 4.79 Å². The Balaban J connectivity index is 1.14. The summed E-state index contributed by atoms with van der Waals surface area (Å²) in [6, 6.07) is 30.6. The lowest BCUT2D eigenvalue weighted by molar-refractivity contribution is -0.214. The lowest BCUT2D eigenvalue weighted by Gasteiger charge is -2.50. The summed E-state index contributed by atoms with van der Waals surface area (Å²) in [6.45, 7) is 2.89. The summed E-state index contributed by atoms with van der Waals surface area (Å²) in [5, 5.41) is 14.7. The quantitative estimate of drug-likeness (QED) is 0.0720. The van der Waals surface area contributed by atoms with Crippen LogP contribution >= 0.6 is 0 Å². The topological polar surface area (TPSA) is 179 Å². The largest absolute Gasteiger partial charge is 0.460 e. The Morgan fingerprint density at radius 1 is 0.873 bits per heavy atom. The Morgan fingerprint density at radius 2 is 1.48 bits per heavy atom. The highest BCUT2D eigenvalue weighted by Crippen LogP contribution is 2.60. The standard InChI is InChI=1S/C53H56F3N3O12/c1-50(2,3)68-42(62)27-25-38(31-60)57-47(63)39(28-34-14-8-5-9-15-34)58(4)49(65)51-29-40-43-44(70-53(69-43,36-16-10-6-11-17-36)37-18-12-7-13-19-37)46(51)71-59(45(51)48(64)67-40)30-35-22-20-33(21-23-35)24-26-41(61)66-32-52(54,55)56/h5-24,26,38-40,43-46,60H,25,27-32H2,1-4H3,(H,57,63). The summed E-state index contributed by atoms with van der Waals surface area (Å²) in [5.41, 5.74) is 0.534. The highest BCUT2D eigenvalue weighted by molar-refractivity contribution is 5.96. The summed E-state index contributed by atoms with van der Waals surface area (Å²) in [7, 11) is 1.49. The van der Waals surface area contributed by atoms with Crippen LogP contribution in [0, 0.1) is 5.41 Å².